The lowest BCUT2D eigenvalue weighted by atomic mass is 10.1. The van der Waals surface area contributed by atoms with Crippen LogP contribution in [0.5, 0.6) is 5.75 Å². The van der Waals surface area contributed by atoms with Crippen LogP contribution in [0, 0.1) is 0 Å². The summed E-state index contributed by atoms with van der Waals surface area (Å²) in [5.41, 5.74) is 7.45. The van der Waals surface area contributed by atoms with Gasteiger partial charge in [0.15, 0.2) is 11.3 Å². The molecule has 3 rings (SSSR count). The summed E-state index contributed by atoms with van der Waals surface area (Å²) in [6.45, 7) is 0. The van der Waals surface area contributed by atoms with Gasteiger partial charge in [-0.2, -0.15) is 0 Å². The summed E-state index contributed by atoms with van der Waals surface area (Å²) >= 11 is 3.29. The van der Waals surface area contributed by atoms with Crippen LogP contribution in [0.15, 0.2) is 39.2 Å². The Kier molecular flexibility index (Phi) is 1.88. The zero-order valence-electron chi connectivity index (χ0n) is 8.20. The van der Waals surface area contributed by atoms with Crippen LogP contribution in [0.3, 0.4) is 0 Å². The quantitative estimate of drug-likeness (QED) is 0.487. The number of aromatic hydroxyl groups is 1. The second kappa shape index (κ2) is 3.15. The first-order chi connectivity index (χ1) is 7.68. The summed E-state index contributed by atoms with van der Waals surface area (Å²) in [7, 11) is 0. The second-order valence-electron chi connectivity index (χ2n) is 3.60. The molecule has 2 aromatic carbocycles. The Labute approximate surface area is 99.6 Å². The maximum atomic E-state index is 9.70. The predicted octanol–water partition coefficient (Wildman–Crippen LogP) is 3.64. The molecule has 4 heteroatoms. The second-order valence-corrected chi connectivity index (χ2v) is 4.40. The molecule has 0 atom stereocenters. The zero-order valence-corrected chi connectivity index (χ0v) is 9.78. The van der Waals surface area contributed by atoms with E-state index in [4.69, 9.17) is 10.2 Å². The zero-order chi connectivity index (χ0) is 11.3. The number of phenolic OH excluding ortho intramolecular Hbond substituents is 1. The molecule has 0 saturated carbocycles. The smallest absolute Gasteiger partial charge is 0.156 e. The van der Waals surface area contributed by atoms with E-state index in [1.54, 1.807) is 6.07 Å². The summed E-state index contributed by atoms with van der Waals surface area (Å²) in [5, 5.41) is 11.6. The number of rotatable bonds is 0. The van der Waals surface area contributed by atoms with Crippen LogP contribution in [0.1, 0.15) is 0 Å². The van der Waals surface area contributed by atoms with Crippen molar-refractivity contribution < 1.29 is 9.52 Å². The van der Waals surface area contributed by atoms with E-state index in [-0.39, 0.29) is 5.75 Å². The average Bonchev–Trinajstić information content (AvgIpc) is 2.65. The Morgan fingerprint density at radius 3 is 2.75 bits per heavy atom. The fourth-order valence-corrected chi connectivity index (χ4v) is 2.35. The number of halogens is 1. The van der Waals surface area contributed by atoms with Gasteiger partial charge in [-0.25, -0.2) is 0 Å². The Morgan fingerprint density at radius 1 is 1.19 bits per heavy atom. The number of nitrogens with two attached hydrogens (primary N) is 1. The van der Waals surface area contributed by atoms with Gasteiger partial charge in [-0.3, -0.25) is 0 Å². The van der Waals surface area contributed by atoms with Crippen molar-refractivity contribution in [2.45, 2.75) is 0 Å². The summed E-state index contributed by atoms with van der Waals surface area (Å²) in [6.07, 6.45) is 0. The van der Waals surface area contributed by atoms with E-state index < -0.39 is 0 Å². The molecule has 3 N–H and O–H groups in total. The summed E-state index contributed by atoms with van der Waals surface area (Å²) in [4.78, 5) is 0. The van der Waals surface area contributed by atoms with Gasteiger partial charge in [0, 0.05) is 10.8 Å². The van der Waals surface area contributed by atoms with Crippen LogP contribution >= 0.6 is 15.9 Å². The molecular weight excluding hydrogens is 270 g/mol. The molecule has 0 amide bonds. The van der Waals surface area contributed by atoms with Crippen molar-refractivity contribution in [1.82, 2.24) is 0 Å². The first-order valence-electron chi connectivity index (χ1n) is 4.76. The van der Waals surface area contributed by atoms with Crippen LogP contribution in [0.25, 0.3) is 21.9 Å². The highest BCUT2D eigenvalue weighted by Crippen LogP contribution is 2.41. The van der Waals surface area contributed by atoms with Gasteiger partial charge in [0.1, 0.15) is 10.1 Å². The van der Waals surface area contributed by atoms with Crippen molar-refractivity contribution in [3.8, 4) is 5.75 Å². The van der Waals surface area contributed by atoms with Crippen molar-refractivity contribution in [1.29, 1.82) is 0 Å². The Morgan fingerprint density at radius 2 is 1.94 bits per heavy atom. The fourth-order valence-electron chi connectivity index (χ4n) is 1.83. The predicted molar refractivity (Wildman–Crippen MR) is 67.5 cm³/mol. The third-order valence-corrected chi connectivity index (χ3v) is 3.35. The largest absolute Gasteiger partial charge is 0.505 e. The molecule has 0 aliphatic heterocycles. The highest BCUT2D eigenvalue weighted by molar-refractivity contribution is 9.10. The van der Waals surface area contributed by atoms with Gasteiger partial charge < -0.3 is 15.3 Å². The number of anilines is 1. The summed E-state index contributed by atoms with van der Waals surface area (Å²) in [6, 6.07) is 9.41. The van der Waals surface area contributed by atoms with E-state index >= 15 is 0 Å². The number of phenols is 1. The maximum Gasteiger partial charge on any atom is 0.156 e. The standard InChI is InChI=1S/C12H8BrNO2/c13-10-11(15)8(14)5-7-6-3-1-2-4-9(6)16-12(7)10/h1-5,15H,14H2. The molecule has 0 bridgehead atoms. The van der Waals surface area contributed by atoms with E-state index in [9.17, 15) is 5.11 Å². The van der Waals surface area contributed by atoms with Crippen molar-refractivity contribution in [3.63, 3.8) is 0 Å². The minimum absolute atomic E-state index is 0.0200. The molecule has 0 unspecified atom stereocenters. The molecule has 16 heavy (non-hydrogen) atoms. The molecular formula is C12H8BrNO2. The number of fused-ring (bicyclic) bond motifs is 3. The molecule has 0 saturated heterocycles. The first kappa shape index (κ1) is 9.54. The number of furan rings is 1. The molecule has 0 aliphatic carbocycles. The van der Waals surface area contributed by atoms with Gasteiger partial charge in [0.05, 0.1) is 5.69 Å². The third-order valence-electron chi connectivity index (χ3n) is 2.61. The van der Waals surface area contributed by atoms with Gasteiger partial charge in [0.2, 0.25) is 0 Å². The minimum atomic E-state index is 0.0200. The van der Waals surface area contributed by atoms with Gasteiger partial charge in [-0.15, -0.1) is 0 Å². The van der Waals surface area contributed by atoms with E-state index in [0.717, 1.165) is 16.4 Å². The Hall–Kier alpha value is -1.68. The normalized spacial score (nSPS) is 11.3. The van der Waals surface area contributed by atoms with Gasteiger partial charge in [-0.05, 0) is 28.1 Å². The molecule has 0 radical (unpaired) electrons. The van der Waals surface area contributed by atoms with Crippen molar-refractivity contribution in [2.75, 3.05) is 5.73 Å². The number of para-hydroxylation sites is 1. The van der Waals surface area contributed by atoms with Crippen LogP contribution in [-0.2, 0) is 0 Å². The Balaban J connectivity index is 2.60. The van der Waals surface area contributed by atoms with Crippen molar-refractivity contribution >= 4 is 43.6 Å². The molecule has 0 fully saturated rings. The van der Waals surface area contributed by atoms with Crippen LogP contribution in [-0.4, -0.2) is 5.11 Å². The van der Waals surface area contributed by atoms with Crippen LogP contribution in [0.4, 0.5) is 5.69 Å². The number of nitrogen functional groups attached to an aromatic ring is 1. The van der Waals surface area contributed by atoms with Gasteiger partial charge in [0.25, 0.3) is 0 Å². The average molecular weight is 278 g/mol. The lowest BCUT2D eigenvalue weighted by Gasteiger charge is -2.01. The maximum absolute atomic E-state index is 9.70. The third kappa shape index (κ3) is 1.13. The number of benzene rings is 2. The molecule has 0 spiro atoms. The summed E-state index contributed by atoms with van der Waals surface area (Å²) in [5.74, 6) is 0.0200. The topological polar surface area (TPSA) is 59.4 Å². The van der Waals surface area contributed by atoms with Crippen molar-refractivity contribution in [3.05, 3.63) is 34.8 Å². The first-order valence-corrected chi connectivity index (χ1v) is 5.56. The number of hydrogen-bond donors (Lipinski definition) is 2. The van der Waals surface area contributed by atoms with Crippen LogP contribution in [0.2, 0.25) is 0 Å². The fraction of sp³-hybridized carbons (Fsp3) is 0. The highest BCUT2D eigenvalue weighted by atomic mass is 79.9. The monoisotopic (exact) mass is 277 g/mol. The number of hydrogen-bond acceptors (Lipinski definition) is 3. The van der Waals surface area contributed by atoms with E-state index in [0.29, 0.717) is 15.7 Å². The van der Waals surface area contributed by atoms with Gasteiger partial charge >= 0.3 is 0 Å². The lowest BCUT2D eigenvalue weighted by molar-refractivity contribution is 0.474. The minimum Gasteiger partial charge on any atom is -0.505 e. The lowest BCUT2D eigenvalue weighted by Crippen LogP contribution is -1.85. The van der Waals surface area contributed by atoms with E-state index in [2.05, 4.69) is 15.9 Å². The molecule has 1 heterocycles. The van der Waals surface area contributed by atoms with E-state index in [1.165, 1.54) is 0 Å². The molecule has 3 aromatic rings. The molecule has 3 nitrogen and oxygen atoms in total. The summed E-state index contributed by atoms with van der Waals surface area (Å²) < 4.78 is 6.16. The van der Waals surface area contributed by atoms with Gasteiger partial charge in [-0.1, -0.05) is 18.2 Å². The van der Waals surface area contributed by atoms with Crippen molar-refractivity contribution in [2.24, 2.45) is 0 Å². The Bertz CT molecular complexity index is 703. The SMILES string of the molecule is Nc1cc2c(oc3ccccc32)c(Br)c1O. The molecule has 1 aromatic heterocycles. The molecule has 80 valence electrons. The van der Waals surface area contributed by atoms with E-state index in [1.807, 2.05) is 24.3 Å². The van der Waals surface area contributed by atoms with Crippen LogP contribution < -0.4 is 5.73 Å². The highest BCUT2D eigenvalue weighted by Gasteiger charge is 2.14. The molecule has 0 aliphatic rings.